The zero-order valence-corrected chi connectivity index (χ0v) is 11.3. The number of allylic oxidation sites excluding steroid dienone is 7. The van der Waals surface area contributed by atoms with Gasteiger partial charge in [-0.2, -0.15) is 0 Å². The Morgan fingerprint density at radius 1 is 1.39 bits per heavy atom. The zero-order valence-electron chi connectivity index (χ0n) is 11.3. The van der Waals surface area contributed by atoms with Crippen molar-refractivity contribution < 1.29 is 0 Å². The minimum Gasteiger partial charge on any atom is -0.323 e. The SMILES string of the molecule is C=CC1=C(/C=C\C)C(NN)=C2/C(=C\C)CCCC12. The van der Waals surface area contributed by atoms with Crippen LogP contribution in [0.1, 0.15) is 33.1 Å². The molecular formula is C16H22N2. The van der Waals surface area contributed by atoms with Gasteiger partial charge in [0.05, 0.1) is 5.70 Å². The van der Waals surface area contributed by atoms with Crippen molar-refractivity contribution in [1.29, 1.82) is 0 Å². The highest BCUT2D eigenvalue weighted by Crippen LogP contribution is 2.47. The maximum absolute atomic E-state index is 5.76. The molecule has 2 aliphatic carbocycles. The molecule has 18 heavy (non-hydrogen) atoms. The maximum atomic E-state index is 5.76. The summed E-state index contributed by atoms with van der Waals surface area (Å²) in [5.41, 5.74) is 9.32. The summed E-state index contributed by atoms with van der Waals surface area (Å²) >= 11 is 0. The molecule has 0 aromatic heterocycles. The molecule has 96 valence electrons. The summed E-state index contributed by atoms with van der Waals surface area (Å²) < 4.78 is 0. The topological polar surface area (TPSA) is 38.0 Å². The summed E-state index contributed by atoms with van der Waals surface area (Å²) in [6.07, 6.45) is 12.0. The van der Waals surface area contributed by atoms with Gasteiger partial charge in [0.2, 0.25) is 0 Å². The van der Waals surface area contributed by atoms with Crippen LogP contribution in [0.4, 0.5) is 0 Å². The second-order valence-corrected chi connectivity index (χ2v) is 4.76. The Hall–Kier alpha value is -1.54. The largest absolute Gasteiger partial charge is 0.323 e. The Labute approximate surface area is 110 Å². The lowest BCUT2D eigenvalue weighted by Gasteiger charge is -2.26. The van der Waals surface area contributed by atoms with Crippen molar-refractivity contribution in [2.45, 2.75) is 33.1 Å². The number of fused-ring (bicyclic) bond motifs is 1. The van der Waals surface area contributed by atoms with Crippen molar-refractivity contribution in [3.8, 4) is 0 Å². The zero-order chi connectivity index (χ0) is 13.1. The Balaban J connectivity index is 2.60. The molecule has 1 unspecified atom stereocenters. The quantitative estimate of drug-likeness (QED) is 0.587. The molecule has 0 saturated heterocycles. The molecule has 0 aromatic rings. The second-order valence-electron chi connectivity index (χ2n) is 4.76. The van der Waals surface area contributed by atoms with E-state index in [0.717, 1.165) is 12.1 Å². The molecule has 0 spiro atoms. The van der Waals surface area contributed by atoms with Crippen LogP contribution in [0.15, 0.2) is 58.9 Å². The Bertz CT molecular complexity index is 475. The van der Waals surface area contributed by atoms with Crippen LogP contribution in [0.3, 0.4) is 0 Å². The van der Waals surface area contributed by atoms with E-state index in [0.29, 0.717) is 5.92 Å². The highest BCUT2D eigenvalue weighted by atomic mass is 15.2. The summed E-state index contributed by atoms with van der Waals surface area (Å²) in [7, 11) is 0. The van der Waals surface area contributed by atoms with Gasteiger partial charge in [-0.3, -0.25) is 5.84 Å². The van der Waals surface area contributed by atoms with Crippen molar-refractivity contribution in [3.63, 3.8) is 0 Å². The summed E-state index contributed by atoms with van der Waals surface area (Å²) in [6, 6.07) is 0. The predicted molar refractivity (Wildman–Crippen MR) is 77.5 cm³/mol. The van der Waals surface area contributed by atoms with E-state index in [2.05, 4.69) is 37.2 Å². The molecule has 1 atom stereocenters. The van der Waals surface area contributed by atoms with Crippen LogP contribution in [0, 0.1) is 5.92 Å². The van der Waals surface area contributed by atoms with E-state index in [-0.39, 0.29) is 0 Å². The fourth-order valence-electron chi connectivity index (χ4n) is 3.18. The molecule has 3 N–H and O–H groups in total. The number of nitrogens with two attached hydrogens (primary N) is 1. The molecule has 0 aromatic carbocycles. The van der Waals surface area contributed by atoms with Crippen LogP contribution in [0.25, 0.3) is 0 Å². The van der Waals surface area contributed by atoms with Gasteiger partial charge in [-0.25, -0.2) is 0 Å². The third kappa shape index (κ3) is 1.87. The number of hydrazine groups is 1. The monoisotopic (exact) mass is 242 g/mol. The lowest BCUT2D eigenvalue weighted by Crippen LogP contribution is -2.24. The van der Waals surface area contributed by atoms with Gasteiger partial charge in [-0.1, -0.05) is 30.9 Å². The van der Waals surface area contributed by atoms with Gasteiger partial charge in [0.15, 0.2) is 0 Å². The van der Waals surface area contributed by atoms with E-state index < -0.39 is 0 Å². The Kier molecular flexibility index (Phi) is 3.87. The molecule has 1 fully saturated rings. The first-order chi connectivity index (χ1) is 8.78. The third-order valence-corrected chi connectivity index (χ3v) is 3.90. The molecule has 0 radical (unpaired) electrons. The van der Waals surface area contributed by atoms with E-state index in [1.165, 1.54) is 35.1 Å². The van der Waals surface area contributed by atoms with Crippen molar-refractivity contribution in [1.82, 2.24) is 5.43 Å². The molecule has 0 aliphatic heterocycles. The highest BCUT2D eigenvalue weighted by molar-refractivity contribution is 5.62. The summed E-state index contributed by atoms with van der Waals surface area (Å²) in [4.78, 5) is 0. The van der Waals surface area contributed by atoms with Crippen LogP contribution in [-0.4, -0.2) is 0 Å². The van der Waals surface area contributed by atoms with E-state index in [4.69, 9.17) is 5.84 Å². The van der Waals surface area contributed by atoms with Gasteiger partial charge in [-0.15, -0.1) is 0 Å². The minimum atomic E-state index is 0.472. The van der Waals surface area contributed by atoms with Gasteiger partial charge in [0.25, 0.3) is 0 Å². The smallest absolute Gasteiger partial charge is 0.0601 e. The van der Waals surface area contributed by atoms with Crippen molar-refractivity contribution >= 4 is 0 Å². The van der Waals surface area contributed by atoms with Gasteiger partial charge in [0.1, 0.15) is 0 Å². The van der Waals surface area contributed by atoms with Gasteiger partial charge in [0, 0.05) is 11.5 Å². The fraction of sp³-hybridized carbons (Fsp3) is 0.375. The lowest BCUT2D eigenvalue weighted by molar-refractivity contribution is 0.570. The van der Waals surface area contributed by atoms with Crippen LogP contribution in [0.2, 0.25) is 0 Å². The normalized spacial score (nSPS) is 26.2. The average molecular weight is 242 g/mol. The molecule has 2 nitrogen and oxygen atoms in total. The van der Waals surface area contributed by atoms with E-state index in [1.54, 1.807) is 0 Å². The van der Waals surface area contributed by atoms with Crippen LogP contribution >= 0.6 is 0 Å². The summed E-state index contributed by atoms with van der Waals surface area (Å²) in [5, 5.41) is 0. The second kappa shape index (κ2) is 5.40. The molecule has 2 rings (SSSR count). The molecule has 0 heterocycles. The highest BCUT2D eigenvalue weighted by Gasteiger charge is 2.34. The molecule has 0 amide bonds. The van der Waals surface area contributed by atoms with Crippen LogP contribution in [0.5, 0.6) is 0 Å². The number of rotatable bonds is 3. The standard InChI is InChI=1S/C16H22N2/c1-4-8-14-12(6-3)13-10-7-9-11(5-2)15(13)16(14)18-17/h4-6,8,13,18H,3,7,9-10,17H2,1-2H3/b8-4-,11-5-. The van der Waals surface area contributed by atoms with Crippen molar-refractivity contribution in [2.24, 2.45) is 11.8 Å². The van der Waals surface area contributed by atoms with Crippen LogP contribution < -0.4 is 11.3 Å². The summed E-state index contributed by atoms with van der Waals surface area (Å²) in [5.74, 6) is 6.23. The van der Waals surface area contributed by atoms with E-state index >= 15 is 0 Å². The summed E-state index contributed by atoms with van der Waals surface area (Å²) in [6.45, 7) is 8.12. The predicted octanol–water partition coefficient (Wildman–Crippen LogP) is 3.52. The average Bonchev–Trinajstić information content (AvgIpc) is 2.71. The van der Waals surface area contributed by atoms with Crippen molar-refractivity contribution in [3.05, 3.63) is 58.9 Å². The van der Waals surface area contributed by atoms with E-state index in [1.807, 2.05) is 13.0 Å². The molecule has 0 bridgehead atoms. The molecular weight excluding hydrogens is 220 g/mol. The van der Waals surface area contributed by atoms with Gasteiger partial charge >= 0.3 is 0 Å². The lowest BCUT2D eigenvalue weighted by atomic mass is 9.79. The van der Waals surface area contributed by atoms with Crippen molar-refractivity contribution in [2.75, 3.05) is 0 Å². The minimum absolute atomic E-state index is 0.472. The number of hydrogen-bond donors (Lipinski definition) is 2. The van der Waals surface area contributed by atoms with Gasteiger partial charge < -0.3 is 5.43 Å². The Morgan fingerprint density at radius 2 is 2.17 bits per heavy atom. The fourth-order valence-corrected chi connectivity index (χ4v) is 3.18. The first-order valence-corrected chi connectivity index (χ1v) is 6.64. The molecule has 2 aliphatic rings. The first-order valence-electron chi connectivity index (χ1n) is 6.64. The maximum Gasteiger partial charge on any atom is 0.0601 e. The molecule has 1 saturated carbocycles. The third-order valence-electron chi connectivity index (χ3n) is 3.90. The number of nitrogens with one attached hydrogen (secondary N) is 1. The number of hydrogen-bond acceptors (Lipinski definition) is 2. The Morgan fingerprint density at radius 3 is 2.72 bits per heavy atom. The van der Waals surface area contributed by atoms with E-state index in [9.17, 15) is 0 Å². The first kappa shape index (κ1) is 12.9. The molecule has 2 heteroatoms. The van der Waals surface area contributed by atoms with Crippen LogP contribution in [-0.2, 0) is 0 Å². The van der Waals surface area contributed by atoms with Gasteiger partial charge in [-0.05, 0) is 49.8 Å².